The predicted octanol–water partition coefficient (Wildman–Crippen LogP) is 4.72. The number of halogens is 5. The lowest BCUT2D eigenvalue weighted by Crippen LogP contribution is -1.88. The molecule has 0 saturated heterocycles. The number of nitrogens with two attached hydrogens (primary N) is 1. The zero-order chi connectivity index (χ0) is 13.7. The summed E-state index contributed by atoms with van der Waals surface area (Å²) in [6.45, 7) is 0. The first-order valence-corrected chi connectivity index (χ1v) is 6.79. The molecule has 0 aliphatic heterocycles. The van der Waals surface area contributed by atoms with E-state index in [0.717, 1.165) is 4.47 Å². The average molecular weight is 418 g/mol. The number of pyridine rings is 2. The molecule has 0 aromatic carbocycles. The molecule has 2 rings (SSSR count). The molecule has 0 aliphatic carbocycles. The van der Waals surface area contributed by atoms with Gasteiger partial charge in [0.15, 0.2) is 0 Å². The minimum Gasteiger partial charge on any atom is -0.384 e. The van der Waals surface area contributed by atoms with Gasteiger partial charge in [-0.05, 0) is 56.1 Å². The van der Waals surface area contributed by atoms with Crippen LogP contribution in [0.15, 0.2) is 33.2 Å². The van der Waals surface area contributed by atoms with Crippen LogP contribution in [0.3, 0.4) is 0 Å². The van der Waals surface area contributed by atoms with Gasteiger partial charge in [-0.25, -0.2) is 9.97 Å². The largest absolute Gasteiger partial charge is 0.384 e. The standard InChI is InChI=1S/C5H2BrClFN.C5H4BrClN2/c2*6-3-1-2-4(8)9-5(3)7/h1-2H;1-2H,(H2,8,9). The summed E-state index contributed by atoms with van der Waals surface area (Å²) >= 11 is 17.2. The van der Waals surface area contributed by atoms with Crippen LogP contribution in [0.2, 0.25) is 10.3 Å². The number of nitrogen functional groups attached to an aromatic ring is 1. The summed E-state index contributed by atoms with van der Waals surface area (Å²) in [5, 5.41) is 0.546. The Labute approximate surface area is 130 Å². The summed E-state index contributed by atoms with van der Waals surface area (Å²) in [4.78, 5) is 7.09. The van der Waals surface area contributed by atoms with E-state index in [9.17, 15) is 4.39 Å². The molecule has 0 bridgehead atoms. The van der Waals surface area contributed by atoms with E-state index in [-0.39, 0.29) is 5.15 Å². The molecule has 0 amide bonds. The molecule has 2 N–H and O–H groups in total. The molecule has 0 fully saturated rings. The van der Waals surface area contributed by atoms with Crippen molar-refractivity contribution < 1.29 is 4.39 Å². The van der Waals surface area contributed by atoms with Crippen LogP contribution in [0.25, 0.3) is 0 Å². The molecular weight excluding hydrogens is 412 g/mol. The number of anilines is 1. The first kappa shape index (κ1) is 15.6. The summed E-state index contributed by atoms with van der Waals surface area (Å²) in [5.74, 6) is -0.133. The third-order valence-corrected chi connectivity index (χ3v) is 3.91. The highest BCUT2D eigenvalue weighted by Gasteiger charge is 1.97. The maximum absolute atomic E-state index is 12.1. The molecule has 0 radical (unpaired) electrons. The summed E-state index contributed by atoms with van der Waals surface area (Å²) < 4.78 is 13.5. The monoisotopic (exact) mass is 415 g/mol. The Morgan fingerprint density at radius 2 is 1.44 bits per heavy atom. The predicted molar refractivity (Wildman–Crippen MR) is 78.3 cm³/mol. The molecule has 0 aliphatic rings. The summed E-state index contributed by atoms with van der Waals surface area (Å²) in [6.07, 6.45) is 0. The molecule has 96 valence electrons. The van der Waals surface area contributed by atoms with Crippen molar-refractivity contribution in [1.82, 2.24) is 9.97 Å². The van der Waals surface area contributed by atoms with E-state index in [1.807, 2.05) is 0 Å². The van der Waals surface area contributed by atoms with Crippen LogP contribution in [0, 0.1) is 5.95 Å². The van der Waals surface area contributed by atoms with Gasteiger partial charge in [-0.2, -0.15) is 4.39 Å². The molecule has 8 heteroatoms. The highest BCUT2D eigenvalue weighted by atomic mass is 79.9. The van der Waals surface area contributed by atoms with Crippen LogP contribution >= 0.6 is 55.1 Å². The Kier molecular flexibility index (Phi) is 6.28. The van der Waals surface area contributed by atoms with E-state index in [2.05, 4.69) is 41.8 Å². The maximum atomic E-state index is 12.1. The minimum atomic E-state index is -0.566. The second-order valence-corrected chi connectivity index (χ2v) is 5.34. The van der Waals surface area contributed by atoms with Crippen molar-refractivity contribution >= 4 is 60.9 Å². The van der Waals surface area contributed by atoms with Gasteiger partial charge in [0.1, 0.15) is 16.1 Å². The second-order valence-electron chi connectivity index (χ2n) is 2.92. The van der Waals surface area contributed by atoms with Gasteiger partial charge < -0.3 is 5.73 Å². The van der Waals surface area contributed by atoms with Crippen LogP contribution < -0.4 is 5.73 Å². The zero-order valence-corrected chi connectivity index (χ0v) is 13.4. The Morgan fingerprint density at radius 3 is 1.83 bits per heavy atom. The second kappa shape index (κ2) is 7.23. The van der Waals surface area contributed by atoms with Gasteiger partial charge in [-0.1, -0.05) is 23.2 Å². The van der Waals surface area contributed by atoms with E-state index in [0.29, 0.717) is 15.4 Å². The first-order valence-electron chi connectivity index (χ1n) is 4.45. The van der Waals surface area contributed by atoms with Crippen LogP contribution in [-0.2, 0) is 0 Å². The Hall–Kier alpha value is -0.430. The molecule has 0 atom stereocenters. The molecule has 2 aromatic heterocycles. The quantitative estimate of drug-likeness (QED) is 0.631. The first-order chi connectivity index (χ1) is 8.40. The van der Waals surface area contributed by atoms with E-state index in [1.54, 1.807) is 12.1 Å². The number of rotatable bonds is 0. The summed E-state index contributed by atoms with van der Waals surface area (Å²) in [6, 6.07) is 6.17. The van der Waals surface area contributed by atoms with Crippen molar-refractivity contribution in [1.29, 1.82) is 0 Å². The highest BCUT2D eigenvalue weighted by Crippen LogP contribution is 2.20. The lowest BCUT2D eigenvalue weighted by molar-refractivity contribution is 0.583. The molecule has 3 nitrogen and oxygen atoms in total. The molecule has 0 spiro atoms. The molecule has 18 heavy (non-hydrogen) atoms. The van der Waals surface area contributed by atoms with Crippen molar-refractivity contribution in [2.45, 2.75) is 0 Å². The fourth-order valence-electron chi connectivity index (χ4n) is 0.826. The van der Waals surface area contributed by atoms with Crippen molar-refractivity contribution in [3.05, 3.63) is 49.5 Å². The van der Waals surface area contributed by atoms with Crippen molar-refractivity contribution in [2.24, 2.45) is 0 Å². The van der Waals surface area contributed by atoms with E-state index < -0.39 is 5.95 Å². The van der Waals surface area contributed by atoms with Crippen LogP contribution in [0.1, 0.15) is 0 Å². The van der Waals surface area contributed by atoms with Gasteiger partial charge in [-0.3, -0.25) is 0 Å². The lowest BCUT2D eigenvalue weighted by Gasteiger charge is -1.93. The van der Waals surface area contributed by atoms with Gasteiger partial charge >= 0.3 is 0 Å². The lowest BCUT2D eigenvalue weighted by atomic mass is 10.5. The van der Waals surface area contributed by atoms with E-state index >= 15 is 0 Å². The number of aromatic nitrogens is 2. The molecule has 0 unspecified atom stereocenters. The third-order valence-electron chi connectivity index (χ3n) is 1.59. The zero-order valence-electron chi connectivity index (χ0n) is 8.67. The Bertz CT molecular complexity index is 505. The van der Waals surface area contributed by atoms with Gasteiger partial charge in [0.2, 0.25) is 5.95 Å². The van der Waals surface area contributed by atoms with E-state index in [1.165, 1.54) is 12.1 Å². The highest BCUT2D eigenvalue weighted by molar-refractivity contribution is 9.10. The number of nitrogens with zero attached hydrogens (tertiary/aromatic N) is 2. The van der Waals surface area contributed by atoms with Crippen molar-refractivity contribution in [3.8, 4) is 0 Å². The van der Waals surface area contributed by atoms with E-state index in [4.69, 9.17) is 28.9 Å². The fourth-order valence-corrected chi connectivity index (χ4v) is 1.57. The van der Waals surface area contributed by atoms with Crippen LogP contribution in [0.5, 0.6) is 0 Å². The molecule has 0 saturated carbocycles. The van der Waals surface area contributed by atoms with Gasteiger partial charge in [0, 0.05) is 0 Å². The summed E-state index contributed by atoms with van der Waals surface area (Å²) in [5.41, 5.74) is 5.31. The molecule has 2 aromatic rings. The van der Waals surface area contributed by atoms with Gasteiger partial charge in [0.05, 0.1) is 8.95 Å². The summed E-state index contributed by atoms with van der Waals surface area (Å²) in [7, 11) is 0. The Morgan fingerprint density at radius 1 is 0.944 bits per heavy atom. The van der Waals surface area contributed by atoms with Crippen LogP contribution in [-0.4, -0.2) is 9.97 Å². The number of hydrogen-bond donors (Lipinski definition) is 1. The number of hydrogen-bond acceptors (Lipinski definition) is 3. The maximum Gasteiger partial charge on any atom is 0.214 e. The minimum absolute atomic E-state index is 0.148. The van der Waals surface area contributed by atoms with Gasteiger partial charge in [-0.15, -0.1) is 0 Å². The fraction of sp³-hybridized carbons (Fsp3) is 0. The smallest absolute Gasteiger partial charge is 0.214 e. The SMILES string of the molecule is Fc1ccc(Br)c(Cl)n1.Nc1ccc(Br)c(Cl)n1. The van der Waals surface area contributed by atoms with Crippen molar-refractivity contribution in [3.63, 3.8) is 0 Å². The Balaban J connectivity index is 0.000000180. The average Bonchev–Trinajstić information content (AvgIpc) is 2.30. The van der Waals surface area contributed by atoms with Crippen molar-refractivity contribution in [2.75, 3.05) is 5.73 Å². The normalized spacial score (nSPS) is 9.61. The topological polar surface area (TPSA) is 51.8 Å². The van der Waals surface area contributed by atoms with Crippen LogP contribution in [0.4, 0.5) is 10.2 Å². The third kappa shape index (κ3) is 5.06. The molecular formula is C10H6Br2Cl2FN3. The van der Waals surface area contributed by atoms with Gasteiger partial charge in [0.25, 0.3) is 0 Å². The molecule has 2 heterocycles.